The average Bonchev–Trinajstić information content (AvgIpc) is 3.14. The van der Waals surface area contributed by atoms with E-state index in [0.717, 1.165) is 4.31 Å². The lowest BCUT2D eigenvalue weighted by Crippen LogP contribution is -2.56. The van der Waals surface area contributed by atoms with Crippen molar-refractivity contribution in [1.29, 1.82) is 0 Å². The van der Waals surface area contributed by atoms with Crippen LogP contribution < -0.4 is 4.74 Å². The highest BCUT2D eigenvalue weighted by Crippen LogP contribution is 2.31. The van der Waals surface area contributed by atoms with E-state index >= 15 is 0 Å². The number of rotatable bonds is 7. The van der Waals surface area contributed by atoms with Gasteiger partial charge in [-0.1, -0.05) is 23.7 Å². The molecule has 0 atom stereocenters. The van der Waals surface area contributed by atoms with Crippen LogP contribution in [0.2, 0.25) is 5.02 Å². The molecule has 0 radical (unpaired) electrons. The van der Waals surface area contributed by atoms with Gasteiger partial charge in [-0.05, 0) is 48.5 Å². The second-order valence-electron chi connectivity index (χ2n) is 6.83. The van der Waals surface area contributed by atoms with Gasteiger partial charge in [0.15, 0.2) is 9.84 Å². The highest BCUT2D eigenvalue weighted by atomic mass is 35.5. The number of halogens is 1. The molecule has 0 bridgehead atoms. The van der Waals surface area contributed by atoms with Gasteiger partial charge in [0, 0.05) is 13.1 Å². The second kappa shape index (κ2) is 8.07. The predicted molar refractivity (Wildman–Crippen MR) is 112 cm³/mol. The molecule has 0 N–H and O–H groups in total. The van der Waals surface area contributed by atoms with Crippen LogP contribution in [0.4, 0.5) is 0 Å². The summed E-state index contributed by atoms with van der Waals surface area (Å²) in [6.07, 6.45) is 1.40. The summed E-state index contributed by atoms with van der Waals surface area (Å²) in [6.45, 7) is -0.160. The average molecular weight is 468 g/mol. The number of furan rings is 1. The van der Waals surface area contributed by atoms with Crippen molar-refractivity contribution in [3.05, 3.63) is 77.7 Å². The van der Waals surface area contributed by atoms with E-state index in [1.165, 1.54) is 30.5 Å². The molecular weight excluding hydrogens is 450 g/mol. The molecule has 1 aromatic heterocycles. The second-order valence-corrected chi connectivity index (χ2v) is 11.5. The molecule has 0 amide bonds. The molecule has 7 nitrogen and oxygen atoms in total. The van der Waals surface area contributed by atoms with Crippen LogP contribution in [0, 0.1) is 0 Å². The minimum atomic E-state index is -3.79. The van der Waals surface area contributed by atoms with E-state index < -0.39 is 25.1 Å². The fourth-order valence-electron chi connectivity index (χ4n) is 3.02. The Balaban J connectivity index is 1.41. The summed E-state index contributed by atoms with van der Waals surface area (Å²) in [6, 6.07) is 16.0. The molecule has 4 rings (SSSR count). The van der Waals surface area contributed by atoms with Gasteiger partial charge in [-0.3, -0.25) is 0 Å². The van der Waals surface area contributed by atoms with E-state index in [2.05, 4.69) is 0 Å². The van der Waals surface area contributed by atoms with E-state index in [9.17, 15) is 16.8 Å². The number of sulfonamides is 1. The van der Waals surface area contributed by atoms with E-state index in [1.54, 1.807) is 36.4 Å². The minimum Gasteiger partial charge on any atom is -0.468 e. The predicted octanol–water partition coefficient (Wildman–Crippen LogP) is 3.71. The van der Waals surface area contributed by atoms with E-state index in [0.29, 0.717) is 22.3 Å². The van der Waals surface area contributed by atoms with Crippen molar-refractivity contribution in [2.75, 3.05) is 13.1 Å². The molecule has 0 spiro atoms. The SMILES string of the molecule is O=S(=O)(Cc1ccco1)C1CN(S(=O)(=O)c2ccc(Oc3ccccc3Cl)cc2)C1. The van der Waals surface area contributed by atoms with Gasteiger partial charge in [-0.25, -0.2) is 16.8 Å². The zero-order chi connectivity index (χ0) is 21.4. The summed E-state index contributed by atoms with van der Waals surface area (Å²) < 4.78 is 62.3. The first-order valence-electron chi connectivity index (χ1n) is 9.02. The van der Waals surface area contributed by atoms with Crippen LogP contribution in [0.15, 0.2) is 76.2 Å². The number of sulfone groups is 1. The fourth-order valence-corrected chi connectivity index (χ4v) is 6.52. The summed E-state index contributed by atoms with van der Waals surface area (Å²) in [7, 11) is -7.29. The Bertz CT molecular complexity index is 1230. The lowest BCUT2D eigenvalue weighted by Gasteiger charge is -2.37. The lowest BCUT2D eigenvalue weighted by molar-refractivity contribution is 0.309. The molecule has 10 heteroatoms. The van der Waals surface area contributed by atoms with E-state index in [4.69, 9.17) is 20.8 Å². The molecule has 2 aromatic carbocycles. The van der Waals surface area contributed by atoms with Crippen LogP contribution in [0.3, 0.4) is 0 Å². The molecular formula is C20H18ClNO6S2. The van der Waals surface area contributed by atoms with Crippen molar-refractivity contribution in [2.24, 2.45) is 0 Å². The maximum absolute atomic E-state index is 12.8. The smallest absolute Gasteiger partial charge is 0.243 e. The molecule has 1 aliphatic heterocycles. The van der Waals surface area contributed by atoms with Crippen LogP contribution in [0.5, 0.6) is 11.5 Å². The van der Waals surface area contributed by atoms with Crippen molar-refractivity contribution >= 4 is 31.5 Å². The summed E-state index contributed by atoms with van der Waals surface area (Å²) in [4.78, 5) is 0.0656. The Kier molecular flexibility index (Phi) is 5.63. The standard InChI is InChI=1S/C20H18ClNO6S2/c21-19-5-1-2-6-20(19)28-15-7-9-17(10-8-15)30(25,26)22-12-18(13-22)29(23,24)14-16-4-3-11-27-16/h1-11,18H,12-14H2. The molecule has 0 saturated carbocycles. The first-order valence-corrected chi connectivity index (χ1v) is 12.6. The van der Waals surface area contributed by atoms with Crippen molar-refractivity contribution in [1.82, 2.24) is 4.31 Å². The van der Waals surface area contributed by atoms with Crippen molar-refractivity contribution < 1.29 is 26.0 Å². The van der Waals surface area contributed by atoms with Gasteiger partial charge in [-0.15, -0.1) is 0 Å². The summed E-state index contributed by atoms with van der Waals surface area (Å²) in [5.74, 6) is 0.990. The van der Waals surface area contributed by atoms with Crippen LogP contribution in [0.25, 0.3) is 0 Å². The Morgan fingerprint density at radius 2 is 1.67 bits per heavy atom. The van der Waals surface area contributed by atoms with Crippen LogP contribution in [-0.2, 0) is 25.6 Å². The molecule has 0 aliphatic carbocycles. The van der Waals surface area contributed by atoms with Crippen molar-refractivity contribution in [3.8, 4) is 11.5 Å². The van der Waals surface area contributed by atoms with Crippen LogP contribution in [-0.4, -0.2) is 39.5 Å². The van der Waals surface area contributed by atoms with Gasteiger partial charge in [0.25, 0.3) is 0 Å². The molecule has 1 saturated heterocycles. The third kappa shape index (κ3) is 4.24. The van der Waals surface area contributed by atoms with Gasteiger partial charge in [0.05, 0.1) is 21.4 Å². The van der Waals surface area contributed by atoms with E-state index in [1.807, 2.05) is 0 Å². The fraction of sp³-hybridized carbons (Fsp3) is 0.200. The lowest BCUT2D eigenvalue weighted by atomic mass is 10.3. The highest BCUT2D eigenvalue weighted by molar-refractivity contribution is 7.92. The third-order valence-corrected chi connectivity index (χ3v) is 8.93. The molecule has 158 valence electrons. The summed E-state index contributed by atoms with van der Waals surface area (Å²) >= 11 is 6.06. The van der Waals surface area contributed by atoms with Crippen LogP contribution >= 0.6 is 11.6 Å². The zero-order valence-corrected chi connectivity index (χ0v) is 18.0. The first kappa shape index (κ1) is 20.9. The Morgan fingerprint density at radius 1 is 0.967 bits per heavy atom. The molecule has 0 unspecified atom stereocenters. The summed E-state index contributed by atoms with van der Waals surface area (Å²) in [5, 5.41) is -0.309. The normalized spacial score (nSPS) is 15.6. The van der Waals surface area contributed by atoms with Gasteiger partial charge in [0.2, 0.25) is 10.0 Å². The van der Waals surface area contributed by atoms with Crippen molar-refractivity contribution in [2.45, 2.75) is 15.9 Å². The molecule has 30 heavy (non-hydrogen) atoms. The van der Waals surface area contributed by atoms with Gasteiger partial charge < -0.3 is 9.15 Å². The zero-order valence-electron chi connectivity index (χ0n) is 15.6. The topological polar surface area (TPSA) is 93.9 Å². The minimum absolute atomic E-state index is 0.0656. The van der Waals surface area contributed by atoms with Gasteiger partial charge >= 0.3 is 0 Å². The van der Waals surface area contributed by atoms with Gasteiger partial charge in [-0.2, -0.15) is 4.31 Å². The monoisotopic (exact) mass is 467 g/mol. The largest absolute Gasteiger partial charge is 0.468 e. The number of hydrogen-bond acceptors (Lipinski definition) is 6. The van der Waals surface area contributed by atoms with Gasteiger partial charge in [0.1, 0.15) is 23.0 Å². The first-order chi connectivity index (χ1) is 14.3. The quantitative estimate of drug-likeness (QED) is 0.525. The van der Waals surface area contributed by atoms with E-state index in [-0.39, 0.29) is 23.7 Å². The summed E-state index contributed by atoms with van der Waals surface area (Å²) in [5.41, 5.74) is 0. The number of hydrogen-bond donors (Lipinski definition) is 0. The Morgan fingerprint density at radius 3 is 2.30 bits per heavy atom. The van der Waals surface area contributed by atoms with Crippen molar-refractivity contribution in [3.63, 3.8) is 0 Å². The number of para-hydroxylation sites is 1. The molecule has 2 heterocycles. The number of benzene rings is 2. The van der Waals surface area contributed by atoms with Crippen LogP contribution in [0.1, 0.15) is 5.76 Å². The maximum atomic E-state index is 12.8. The molecule has 1 fully saturated rings. The maximum Gasteiger partial charge on any atom is 0.243 e. The molecule has 1 aliphatic rings. The Labute approximate surface area is 179 Å². The number of ether oxygens (including phenoxy) is 1. The number of nitrogens with zero attached hydrogens (tertiary/aromatic N) is 1. The third-order valence-electron chi connectivity index (χ3n) is 4.77. The Hall–Kier alpha value is -2.33. The highest BCUT2D eigenvalue weighted by Gasteiger charge is 2.43. The molecule has 3 aromatic rings.